The molecule has 11 heteroatoms. The van der Waals surface area contributed by atoms with E-state index in [0.717, 1.165) is 11.1 Å². The molecular formula is C29H25Cl2FN4O3S. The maximum absolute atomic E-state index is 14.2. The molecule has 3 aromatic carbocycles. The van der Waals surface area contributed by atoms with E-state index in [4.69, 9.17) is 37.8 Å². The summed E-state index contributed by atoms with van der Waals surface area (Å²) in [7, 11) is 1.52. The second kappa shape index (κ2) is 11.9. The number of hydrogen-bond acceptors (Lipinski definition) is 7. The molecule has 0 spiro atoms. The number of benzene rings is 3. The fraction of sp³-hybridized carbons (Fsp3) is 0.207. The number of anilines is 1. The lowest BCUT2D eigenvalue weighted by atomic mass is 9.93. The number of ketones is 1. The Hall–Kier alpha value is -3.53. The van der Waals surface area contributed by atoms with E-state index in [2.05, 4.69) is 10.3 Å². The first-order valence-electron chi connectivity index (χ1n) is 12.3. The van der Waals surface area contributed by atoms with Crippen LogP contribution in [-0.2, 0) is 17.2 Å². The molecular weight excluding hydrogens is 574 g/mol. The molecule has 1 aliphatic rings. The molecule has 1 aliphatic heterocycles. The van der Waals surface area contributed by atoms with Crippen molar-refractivity contribution in [2.75, 3.05) is 12.4 Å². The molecule has 0 amide bonds. The fourth-order valence-electron chi connectivity index (χ4n) is 4.51. The van der Waals surface area contributed by atoms with Crippen molar-refractivity contribution in [1.29, 1.82) is 0 Å². The lowest BCUT2D eigenvalue weighted by Gasteiger charge is -2.28. The van der Waals surface area contributed by atoms with Gasteiger partial charge in [-0.25, -0.2) is 9.07 Å². The first-order valence-corrected chi connectivity index (χ1v) is 14.1. The van der Waals surface area contributed by atoms with Gasteiger partial charge in [0.25, 0.3) is 0 Å². The van der Waals surface area contributed by atoms with Crippen LogP contribution in [0.25, 0.3) is 0 Å². The van der Waals surface area contributed by atoms with E-state index in [1.165, 1.54) is 37.9 Å². The third-order valence-electron chi connectivity index (χ3n) is 6.46. The van der Waals surface area contributed by atoms with Gasteiger partial charge in [-0.05, 0) is 55.3 Å². The molecule has 0 saturated carbocycles. The molecule has 40 heavy (non-hydrogen) atoms. The maximum Gasteiger partial charge on any atom is 0.227 e. The SMILES string of the molecule is COc1cc(C2C(C(C)=O)=C(C)Nc3nc(SCc4ccccc4Cl)nn32)ccc1OCc1c(F)cccc1Cl. The Bertz CT molecular complexity index is 1600. The monoisotopic (exact) mass is 598 g/mol. The third-order valence-corrected chi connectivity index (χ3v) is 8.07. The van der Waals surface area contributed by atoms with Gasteiger partial charge >= 0.3 is 0 Å². The van der Waals surface area contributed by atoms with E-state index in [1.807, 2.05) is 37.3 Å². The average molecular weight is 600 g/mol. The number of hydrogen-bond donors (Lipinski definition) is 1. The van der Waals surface area contributed by atoms with Gasteiger partial charge in [0, 0.05) is 27.6 Å². The van der Waals surface area contributed by atoms with E-state index < -0.39 is 11.9 Å². The average Bonchev–Trinajstić information content (AvgIpc) is 3.33. The number of nitrogens with one attached hydrogen (secondary N) is 1. The highest BCUT2D eigenvalue weighted by molar-refractivity contribution is 7.98. The fourth-order valence-corrected chi connectivity index (χ4v) is 5.84. The molecule has 1 unspecified atom stereocenters. The van der Waals surface area contributed by atoms with Gasteiger partial charge in [-0.3, -0.25) is 4.79 Å². The molecule has 0 radical (unpaired) electrons. The standard InChI is InChI=1S/C29H25Cl2FN4O3S/c1-16-26(17(2)37)27(36-28(33-16)34-29(35-36)40-15-19-7-4-5-8-21(19)30)18-11-12-24(25(13-18)38-3)39-14-20-22(31)9-6-10-23(20)32/h4-13,27H,14-15H2,1-3H3,(H,33,34,35). The van der Waals surface area contributed by atoms with Crippen molar-refractivity contribution in [2.45, 2.75) is 37.4 Å². The number of rotatable bonds is 9. The van der Waals surface area contributed by atoms with Gasteiger partial charge < -0.3 is 14.8 Å². The van der Waals surface area contributed by atoms with Crippen LogP contribution in [0.5, 0.6) is 11.5 Å². The summed E-state index contributed by atoms with van der Waals surface area (Å²) in [5, 5.41) is 9.45. The Kier molecular flexibility index (Phi) is 8.35. The van der Waals surface area contributed by atoms with E-state index >= 15 is 0 Å². The largest absolute Gasteiger partial charge is 0.493 e. The Morgan fingerprint density at radius 3 is 2.60 bits per heavy atom. The van der Waals surface area contributed by atoms with Gasteiger partial charge in [0.15, 0.2) is 17.3 Å². The molecule has 0 saturated heterocycles. The second-order valence-electron chi connectivity index (χ2n) is 9.06. The molecule has 5 rings (SSSR count). The number of aromatic nitrogens is 3. The van der Waals surface area contributed by atoms with Crippen molar-refractivity contribution in [3.63, 3.8) is 0 Å². The van der Waals surface area contributed by atoms with Crippen molar-refractivity contribution in [2.24, 2.45) is 0 Å². The molecule has 206 valence electrons. The van der Waals surface area contributed by atoms with Crippen molar-refractivity contribution >= 4 is 46.7 Å². The minimum absolute atomic E-state index is 0.0779. The van der Waals surface area contributed by atoms with Gasteiger partial charge in [-0.15, -0.1) is 5.10 Å². The van der Waals surface area contributed by atoms with E-state index in [9.17, 15) is 9.18 Å². The van der Waals surface area contributed by atoms with E-state index in [0.29, 0.717) is 44.6 Å². The number of fused-ring (bicyclic) bond motifs is 1. The van der Waals surface area contributed by atoms with Crippen molar-refractivity contribution in [1.82, 2.24) is 14.8 Å². The van der Waals surface area contributed by atoms with Gasteiger partial charge in [0.1, 0.15) is 18.5 Å². The predicted octanol–water partition coefficient (Wildman–Crippen LogP) is 7.48. The number of allylic oxidation sites excluding steroid dienone is 2. The number of methoxy groups -OCH3 is 1. The van der Waals surface area contributed by atoms with Crippen molar-refractivity contribution in [3.05, 3.63) is 104 Å². The van der Waals surface area contributed by atoms with Crippen molar-refractivity contribution in [3.8, 4) is 11.5 Å². The number of thioether (sulfide) groups is 1. The Balaban J connectivity index is 1.46. The summed E-state index contributed by atoms with van der Waals surface area (Å²) in [5.41, 5.74) is 3.21. The topological polar surface area (TPSA) is 78.3 Å². The summed E-state index contributed by atoms with van der Waals surface area (Å²) >= 11 is 13.9. The smallest absolute Gasteiger partial charge is 0.227 e. The molecule has 2 heterocycles. The van der Waals surface area contributed by atoms with Gasteiger partial charge in [0.05, 0.1) is 12.1 Å². The number of carbonyl (C=O) groups is 1. The summed E-state index contributed by atoms with van der Waals surface area (Å²) in [5.74, 6) is 1.37. The Labute approximate surface area is 245 Å². The Morgan fingerprint density at radius 2 is 1.88 bits per heavy atom. The van der Waals surface area contributed by atoms with Gasteiger partial charge in [0.2, 0.25) is 11.1 Å². The molecule has 1 atom stereocenters. The zero-order valence-corrected chi connectivity index (χ0v) is 24.2. The normalized spacial score (nSPS) is 14.5. The summed E-state index contributed by atoms with van der Waals surface area (Å²) in [6.45, 7) is 3.28. The highest BCUT2D eigenvalue weighted by atomic mass is 35.5. The first-order chi connectivity index (χ1) is 19.3. The van der Waals surface area contributed by atoms with Crippen LogP contribution < -0.4 is 14.8 Å². The first kappa shape index (κ1) is 28.0. The van der Waals surface area contributed by atoms with Crippen LogP contribution in [0, 0.1) is 5.82 Å². The summed E-state index contributed by atoms with van der Waals surface area (Å²) in [6, 6.07) is 16.9. The molecule has 7 nitrogen and oxygen atoms in total. The predicted molar refractivity (Wildman–Crippen MR) is 155 cm³/mol. The zero-order chi connectivity index (χ0) is 28.4. The molecule has 4 aromatic rings. The third kappa shape index (κ3) is 5.68. The minimum Gasteiger partial charge on any atom is -0.493 e. The summed E-state index contributed by atoms with van der Waals surface area (Å²) in [6.07, 6.45) is 0. The van der Waals surface area contributed by atoms with Crippen LogP contribution >= 0.6 is 35.0 Å². The number of carbonyl (C=O) groups excluding carboxylic acids is 1. The highest BCUT2D eigenvalue weighted by Crippen LogP contribution is 2.40. The Morgan fingerprint density at radius 1 is 1.10 bits per heavy atom. The number of nitrogens with zero attached hydrogens (tertiary/aromatic N) is 3. The van der Waals surface area contributed by atoms with Crippen LogP contribution in [-0.4, -0.2) is 27.7 Å². The summed E-state index contributed by atoms with van der Waals surface area (Å²) < 4.78 is 27.4. The molecule has 1 N–H and O–H groups in total. The van der Waals surface area contributed by atoms with Crippen LogP contribution in [0.4, 0.5) is 10.3 Å². The van der Waals surface area contributed by atoms with Gasteiger partial charge in [-0.1, -0.05) is 65.3 Å². The van der Waals surface area contributed by atoms with Crippen LogP contribution in [0.2, 0.25) is 10.0 Å². The van der Waals surface area contributed by atoms with E-state index in [1.54, 1.807) is 22.9 Å². The van der Waals surface area contributed by atoms with Crippen molar-refractivity contribution < 1.29 is 18.7 Å². The lowest BCUT2D eigenvalue weighted by molar-refractivity contribution is -0.114. The number of Topliss-reactive ketones (excluding diaryl/α,β-unsaturated/α-hetero) is 1. The van der Waals surface area contributed by atoms with Crippen LogP contribution in [0.1, 0.15) is 36.6 Å². The second-order valence-corrected chi connectivity index (χ2v) is 10.8. The maximum atomic E-state index is 14.2. The quantitative estimate of drug-likeness (QED) is 0.200. The van der Waals surface area contributed by atoms with Crippen LogP contribution in [0.3, 0.4) is 0 Å². The molecule has 0 bridgehead atoms. The number of ether oxygens (including phenoxy) is 2. The summed E-state index contributed by atoms with van der Waals surface area (Å²) in [4.78, 5) is 17.5. The van der Waals surface area contributed by atoms with E-state index in [-0.39, 0.29) is 23.0 Å². The highest BCUT2D eigenvalue weighted by Gasteiger charge is 2.33. The zero-order valence-electron chi connectivity index (χ0n) is 21.9. The molecule has 1 aromatic heterocycles. The van der Waals surface area contributed by atoms with Gasteiger partial charge in [-0.2, -0.15) is 4.98 Å². The molecule has 0 fully saturated rings. The minimum atomic E-state index is -0.556. The van der Waals surface area contributed by atoms with Crippen LogP contribution in [0.15, 0.2) is 77.1 Å². The molecule has 0 aliphatic carbocycles. The number of halogens is 3. The lowest BCUT2D eigenvalue weighted by Crippen LogP contribution is -2.27.